The molecule has 2 aromatic rings. The molecule has 0 atom stereocenters. The van der Waals surface area contributed by atoms with E-state index in [0.717, 1.165) is 23.5 Å². The highest BCUT2D eigenvalue weighted by Crippen LogP contribution is 2.36. The van der Waals surface area contributed by atoms with Crippen molar-refractivity contribution in [2.75, 3.05) is 0 Å². The number of alkyl halides is 3. The van der Waals surface area contributed by atoms with Gasteiger partial charge in [0.2, 0.25) is 0 Å². The van der Waals surface area contributed by atoms with Gasteiger partial charge in [-0.2, -0.15) is 13.2 Å². The van der Waals surface area contributed by atoms with Crippen molar-refractivity contribution in [3.05, 3.63) is 51.5 Å². The van der Waals surface area contributed by atoms with Gasteiger partial charge in [-0.25, -0.2) is 14.0 Å². The summed E-state index contributed by atoms with van der Waals surface area (Å²) in [6, 6.07) is 6.24. The number of hydrogen-bond acceptors (Lipinski definition) is 7. The molecule has 0 aliphatic carbocycles. The summed E-state index contributed by atoms with van der Waals surface area (Å²) in [7, 11) is 0. The summed E-state index contributed by atoms with van der Waals surface area (Å²) >= 11 is 0.908. The van der Waals surface area contributed by atoms with E-state index in [4.69, 9.17) is 15.9 Å². The number of carbonyl (C=O) groups excluding carboxylic acids is 3. The van der Waals surface area contributed by atoms with Gasteiger partial charge < -0.3 is 15.2 Å². The first kappa shape index (κ1) is 26.0. The maximum absolute atomic E-state index is 14.1. The molecular weight excluding hydrogens is 468 g/mol. The normalized spacial score (nSPS) is 11.7. The van der Waals surface area contributed by atoms with Crippen LogP contribution in [0.25, 0.3) is 0 Å². The summed E-state index contributed by atoms with van der Waals surface area (Å²) in [5, 5.41) is 7.28. The van der Waals surface area contributed by atoms with Gasteiger partial charge in [-0.1, -0.05) is 13.8 Å². The van der Waals surface area contributed by atoms with E-state index in [0.29, 0.717) is 4.88 Å². The summed E-state index contributed by atoms with van der Waals surface area (Å²) in [5.74, 6) is -6.44. The van der Waals surface area contributed by atoms with Gasteiger partial charge in [-0.15, -0.1) is 11.3 Å². The molecule has 0 bridgehead atoms. The number of rotatable bonds is 8. The number of nitrogen functional groups attached to an aromatic ring is 1. The predicted octanol–water partition coefficient (Wildman–Crippen LogP) is 4.37. The highest BCUT2D eigenvalue weighted by atomic mass is 32.1. The fourth-order valence-corrected chi connectivity index (χ4v) is 3.96. The Morgan fingerprint density at radius 2 is 1.70 bits per heavy atom. The lowest BCUT2D eigenvalue weighted by molar-refractivity contribution is -0.205. The summed E-state index contributed by atoms with van der Waals surface area (Å²) in [6.07, 6.45) is -5.22. The van der Waals surface area contributed by atoms with Crippen LogP contribution in [0.5, 0.6) is 5.75 Å². The van der Waals surface area contributed by atoms with E-state index in [1.807, 2.05) is 0 Å². The predicted molar refractivity (Wildman–Crippen MR) is 111 cm³/mol. The van der Waals surface area contributed by atoms with Crippen LogP contribution in [-0.2, 0) is 20.7 Å². The first-order chi connectivity index (χ1) is 15.3. The van der Waals surface area contributed by atoms with Crippen LogP contribution in [0.1, 0.15) is 46.8 Å². The van der Waals surface area contributed by atoms with Crippen LogP contribution in [-0.4, -0.2) is 29.9 Å². The first-order valence-electron chi connectivity index (χ1n) is 9.61. The highest BCUT2D eigenvalue weighted by Gasteiger charge is 2.46. The number of esters is 3. The Morgan fingerprint density at radius 3 is 2.21 bits per heavy atom. The van der Waals surface area contributed by atoms with E-state index in [-0.39, 0.29) is 41.3 Å². The van der Waals surface area contributed by atoms with Crippen molar-refractivity contribution in [1.29, 1.82) is 5.41 Å². The van der Waals surface area contributed by atoms with E-state index in [1.165, 1.54) is 18.2 Å². The molecule has 0 radical (unpaired) electrons. The second-order valence-corrected chi connectivity index (χ2v) is 8.22. The number of nitrogens with two attached hydrogens (primary N) is 1. The molecule has 1 aromatic carbocycles. The summed E-state index contributed by atoms with van der Waals surface area (Å²) in [6.45, 7) is 3.14. The van der Waals surface area contributed by atoms with Crippen LogP contribution in [0.15, 0.2) is 30.3 Å². The average molecular weight is 488 g/mol. The second-order valence-electron chi connectivity index (χ2n) is 7.05. The fourth-order valence-electron chi connectivity index (χ4n) is 2.93. The van der Waals surface area contributed by atoms with Crippen LogP contribution >= 0.6 is 11.3 Å². The van der Waals surface area contributed by atoms with Crippen LogP contribution in [0.3, 0.4) is 0 Å². The molecule has 0 spiro atoms. The van der Waals surface area contributed by atoms with Crippen molar-refractivity contribution < 1.29 is 41.4 Å². The van der Waals surface area contributed by atoms with Gasteiger partial charge in [0.15, 0.2) is 11.6 Å². The van der Waals surface area contributed by atoms with Gasteiger partial charge in [0.1, 0.15) is 10.7 Å². The first-order valence-corrected chi connectivity index (χ1v) is 10.4. The molecule has 1 heterocycles. The fraction of sp³-hybridized carbons (Fsp3) is 0.333. The maximum Gasteiger partial charge on any atom is 0.491 e. The molecule has 0 saturated heterocycles. The zero-order chi connectivity index (χ0) is 25.0. The molecule has 0 aliphatic rings. The lowest BCUT2D eigenvalue weighted by Gasteiger charge is -2.28. The number of thiophene rings is 1. The third-order valence-corrected chi connectivity index (χ3v) is 6.09. The van der Waals surface area contributed by atoms with Crippen molar-refractivity contribution in [3.63, 3.8) is 0 Å². The van der Waals surface area contributed by atoms with Crippen LogP contribution in [0.4, 0.5) is 17.6 Å². The zero-order valence-electron chi connectivity index (χ0n) is 17.5. The van der Waals surface area contributed by atoms with Crippen molar-refractivity contribution in [2.24, 2.45) is 11.1 Å². The minimum Gasteiger partial charge on any atom is -0.419 e. The van der Waals surface area contributed by atoms with Crippen molar-refractivity contribution in [3.8, 4) is 5.75 Å². The Kier molecular flexibility index (Phi) is 7.96. The summed E-state index contributed by atoms with van der Waals surface area (Å²) < 4.78 is 60.6. The molecule has 7 nitrogen and oxygen atoms in total. The summed E-state index contributed by atoms with van der Waals surface area (Å²) in [5.41, 5.74) is 3.97. The molecule has 178 valence electrons. The second kappa shape index (κ2) is 10.1. The Balaban J connectivity index is 2.17. The van der Waals surface area contributed by atoms with E-state index in [2.05, 4.69) is 4.74 Å². The lowest BCUT2D eigenvalue weighted by Crippen LogP contribution is -2.38. The smallest absolute Gasteiger partial charge is 0.419 e. The van der Waals surface area contributed by atoms with Crippen molar-refractivity contribution in [1.82, 2.24) is 0 Å². The molecule has 12 heteroatoms. The molecule has 1 aromatic heterocycles. The Labute approximate surface area is 190 Å². The maximum atomic E-state index is 14.1. The third-order valence-electron chi connectivity index (χ3n) is 5.02. The van der Waals surface area contributed by atoms with E-state index in [1.54, 1.807) is 13.8 Å². The number of benzene rings is 1. The van der Waals surface area contributed by atoms with Crippen LogP contribution in [0.2, 0.25) is 0 Å². The third kappa shape index (κ3) is 6.15. The van der Waals surface area contributed by atoms with E-state index >= 15 is 0 Å². The Bertz CT molecular complexity index is 1080. The minimum atomic E-state index is -5.30. The highest BCUT2D eigenvalue weighted by molar-refractivity contribution is 7.14. The van der Waals surface area contributed by atoms with Crippen molar-refractivity contribution >= 4 is 35.1 Å². The summed E-state index contributed by atoms with van der Waals surface area (Å²) in [4.78, 5) is 36.4. The number of hydrogen-bond donors (Lipinski definition) is 2. The zero-order valence-corrected chi connectivity index (χ0v) is 18.4. The standard InChI is InChI=1S/C21H20F4N2O5S/c1-3-20(4-2,18(29)32-19(30)21(23,24)25)10-12-6-8-15(33-12)17(28)31-14-7-5-11(16(26)27)9-13(14)22/h5-9H,3-4,10H2,1-2H3,(H3,26,27). The molecule has 0 unspecified atom stereocenters. The molecule has 0 saturated carbocycles. The van der Waals surface area contributed by atoms with Gasteiger partial charge in [0.05, 0.1) is 5.41 Å². The number of ether oxygens (including phenoxy) is 2. The van der Waals surface area contributed by atoms with Crippen molar-refractivity contribution in [2.45, 2.75) is 39.3 Å². The molecule has 0 fully saturated rings. The molecular formula is C21H20F4N2O5S. The van der Waals surface area contributed by atoms with Crippen LogP contribution < -0.4 is 10.5 Å². The molecule has 0 amide bonds. The number of carbonyl (C=O) groups is 3. The van der Waals surface area contributed by atoms with E-state index in [9.17, 15) is 31.9 Å². The Hall–Kier alpha value is -3.28. The number of nitrogens with one attached hydrogen (secondary N) is 1. The monoisotopic (exact) mass is 488 g/mol. The van der Waals surface area contributed by atoms with Gasteiger partial charge in [0.25, 0.3) is 0 Å². The Morgan fingerprint density at radius 1 is 1.06 bits per heavy atom. The topological polar surface area (TPSA) is 120 Å². The minimum absolute atomic E-state index is 0.0564. The molecule has 2 rings (SSSR count). The largest absolute Gasteiger partial charge is 0.491 e. The molecule has 33 heavy (non-hydrogen) atoms. The van der Waals surface area contributed by atoms with E-state index < -0.39 is 35.3 Å². The molecule has 3 N–H and O–H groups in total. The quantitative estimate of drug-likeness (QED) is 0.142. The van der Waals surface area contributed by atoms with Gasteiger partial charge in [-0.05, 0) is 49.6 Å². The SMILES string of the molecule is CCC(CC)(Cc1ccc(C(=O)Oc2ccc(C(=N)N)cc2F)s1)C(=O)OC(=O)C(F)(F)F. The lowest BCUT2D eigenvalue weighted by atomic mass is 9.79. The van der Waals surface area contributed by atoms with Gasteiger partial charge in [0, 0.05) is 10.4 Å². The number of halogens is 4. The average Bonchev–Trinajstić information content (AvgIpc) is 3.21. The molecule has 0 aliphatic heterocycles. The van der Waals surface area contributed by atoms with Gasteiger partial charge >= 0.3 is 24.1 Å². The van der Waals surface area contributed by atoms with Gasteiger partial charge in [-0.3, -0.25) is 10.2 Å². The number of amidine groups is 1. The van der Waals surface area contributed by atoms with Crippen LogP contribution in [0, 0.1) is 16.6 Å².